The van der Waals surface area contributed by atoms with E-state index in [1.807, 2.05) is 97.9 Å². The first-order valence-electron chi connectivity index (χ1n) is 15.9. The predicted molar refractivity (Wildman–Crippen MR) is 205 cm³/mol. The molecule has 1 aliphatic heterocycles. The number of ether oxygens (including phenoxy) is 1. The highest BCUT2D eigenvalue weighted by molar-refractivity contribution is 9.10. The molecule has 7 nitrogen and oxygen atoms in total. The van der Waals surface area contributed by atoms with Gasteiger partial charge >= 0.3 is 0 Å². The molecule has 0 saturated heterocycles. The topological polar surface area (TPSA) is 88.1 Å². The van der Waals surface area contributed by atoms with Crippen LogP contribution in [0, 0.1) is 6.92 Å². The van der Waals surface area contributed by atoms with Crippen molar-refractivity contribution in [2.24, 2.45) is 4.99 Å². The Morgan fingerprint density at radius 1 is 0.980 bits per heavy atom. The molecule has 1 heterocycles. The molecule has 0 saturated carbocycles. The molecule has 0 radical (unpaired) electrons. The molecule has 0 unspecified atom stereocenters. The third-order valence-corrected chi connectivity index (χ3v) is 9.13. The van der Waals surface area contributed by atoms with Crippen molar-refractivity contribution in [3.8, 4) is 5.75 Å². The van der Waals surface area contributed by atoms with E-state index in [1.165, 1.54) is 11.0 Å². The number of nitrogens with one attached hydrogen (secondary N) is 1. The van der Waals surface area contributed by atoms with Crippen molar-refractivity contribution >= 4 is 56.7 Å². The summed E-state index contributed by atoms with van der Waals surface area (Å²) in [5, 5.41) is 3.20. The van der Waals surface area contributed by atoms with Gasteiger partial charge in [0.2, 0.25) is 5.91 Å². The molecule has 0 fully saturated rings. The molecule has 0 aliphatic carbocycles. The van der Waals surface area contributed by atoms with Crippen LogP contribution in [-0.4, -0.2) is 33.5 Å². The number of rotatable bonds is 12. The summed E-state index contributed by atoms with van der Waals surface area (Å²) in [5.74, 6) is -1.17. The van der Waals surface area contributed by atoms with Gasteiger partial charge in [0.15, 0.2) is 5.17 Å². The Kier molecular flexibility index (Phi) is 12.6. The fourth-order valence-electron chi connectivity index (χ4n) is 5.16. The number of aryl methyl sites for hydroxylation is 1. The Balaban J connectivity index is 1.42. The van der Waals surface area contributed by atoms with Gasteiger partial charge < -0.3 is 10.1 Å². The lowest BCUT2D eigenvalue weighted by atomic mass is 9.99. The first-order valence-corrected chi connectivity index (χ1v) is 17.7. The first kappa shape index (κ1) is 36.0. The fraction of sp³-hybridized carbons (Fsp3) is 0.122. The number of carbonyl (C=O) groups excluding carboxylic acids is 3. The summed E-state index contributed by atoms with van der Waals surface area (Å²) in [6.45, 7) is 7.84. The van der Waals surface area contributed by atoms with Crippen molar-refractivity contribution in [2.45, 2.75) is 26.5 Å². The maximum atomic E-state index is 14.2. The van der Waals surface area contributed by atoms with Crippen LogP contribution < -0.4 is 10.1 Å². The molecule has 0 bridgehead atoms. The lowest BCUT2D eigenvalue weighted by molar-refractivity contribution is -0.126. The minimum Gasteiger partial charge on any atom is -0.488 e. The van der Waals surface area contributed by atoms with E-state index in [0.29, 0.717) is 23.6 Å². The van der Waals surface area contributed by atoms with Crippen LogP contribution in [0.2, 0.25) is 0 Å². The summed E-state index contributed by atoms with van der Waals surface area (Å²) in [5.41, 5.74) is 4.84. The molecule has 9 heteroatoms. The Hall–Kier alpha value is -5.25. The molecule has 50 heavy (non-hydrogen) atoms. The van der Waals surface area contributed by atoms with E-state index in [0.717, 1.165) is 38.5 Å². The number of carbonyl (C=O) groups is 3. The number of allylic oxidation sites excluding steroid dienone is 4. The third kappa shape index (κ3) is 9.25. The van der Waals surface area contributed by atoms with Gasteiger partial charge in [0.1, 0.15) is 17.9 Å². The van der Waals surface area contributed by atoms with Gasteiger partial charge in [0, 0.05) is 15.7 Å². The van der Waals surface area contributed by atoms with Gasteiger partial charge in [0.25, 0.3) is 11.8 Å². The van der Waals surface area contributed by atoms with E-state index in [4.69, 9.17) is 4.74 Å². The predicted octanol–water partition coefficient (Wildman–Crippen LogP) is 8.73. The molecule has 1 N–H and O–H groups in total. The van der Waals surface area contributed by atoms with Crippen molar-refractivity contribution in [1.29, 1.82) is 0 Å². The van der Waals surface area contributed by atoms with E-state index in [1.54, 1.807) is 43.4 Å². The lowest BCUT2D eigenvalue weighted by Crippen LogP contribution is -2.42. The van der Waals surface area contributed by atoms with Crippen molar-refractivity contribution in [1.82, 2.24) is 10.2 Å². The molecule has 3 amide bonds. The minimum absolute atomic E-state index is 0.0874. The second-order valence-corrected chi connectivity index (χ2v) is 13.1. The first-order chi connectivity index (χ1) is 24.3. The van der Waals surface area contributed by atoms with Crippen LogP contribution in [0.15, 0.2) is 155 Å². The van der Waals surface area contributed by atoms with Crippen LogP contribution in [0.4, 0.5) is 0 Å². The highest BCUT2D eigenvalue weighted by atomic mass is 79.9. The number of aliphatic imine (C=N–C) groups is 1. The number of hydrogen-bond donors (Lipinski definition) is 1. The maximum absolute atomic E-state index is 14.2. The standard InChI is InChI=1S/C41H36BrN3O4S/c1-4-6-17-34(5-2)45-40(48)35(25-32-24-33(42)22-23-36(32)49-26-29-20-18-28(3)19-21-29)39(47)44-41(45)50-27-37(46)43-38(30-13-9-7-10-14-30)31-15-11-8-12-16-31/h4-25,38H,1,26-27H2,2-3H3,(H,43,46)/b17-6-,34-5+,35-25+. The van der Waals surface area contributed by atoms with Gasteiger partial charge in [-0.3, -0.25) is 19.3 Å². The highest BCUT2D eigenvalue weighted by Gasteiger charge is 2.35. The maximum Gasteiger partial charge on any atom is 0.285 e. The zero-order valence-electron chi connectivity index (χ0n) is 27.7. The van der Waals surface area contributed by atoms with Gasteiger partial charge in [-0.25, -0.2) is 0 Å². The number of amides is 3. The number of nitrogens with zero attached hydrogens (tertiary/aromatic N) is 2. The molecule has 252 valence electrons. The molecule has 1 aliphatic rings. The zero-order valence-corrected chi connectivity index (χ0v) is 30.1. The zero-order chi connectivity index (χ0) is 35.5. The molecule has 4 aromatic carbocycles. The summed E-state index contributed by atoms with van der Waals surface area (Å²) >= 11 is 4.51. The monoisotopic (exact) mass is 745 g/mol. The number of benzene rings is 4. The number of halogens is 1. The summed E-state index contributed by atoms with van der Waals surface area (Å²) < 4.78 is 6.89. The van der Waals surface area contributed by atoms with Crippen LogP contribution in [0.3, 0.4) is 0 Å². The minimum atomic E-state index is -0.715. The summed E-state index contributed by atoms with van der Waals surface area (Å²) in [7, 11) is 0. The number of amidine groups is 1. The smallest absolute Gasteiger partial charge is 0.285 e. The van der Waals surface area contributed by atoms with Gasteiger partial charge in [-0.15, -0.1) is 0 Å². The SMILES string of the molecule is C=C/C=C\C(=C/C)N1C(=O)/C(=C/c2cc(Br)ccc2OCc2ccc(C)cc2)C(=O)N=C1SCC(=O)NC(c1ccccc1)c1ccccc1. The van der Waals surface area contributed by atoms with Crippen LogP contribution >= 0.6 is 27.7 Å². The molecule has 0 atom stereocenters. The second kappa shape index (κ2) is 17.4. The van der Waals surface area contributed by atoms with Gasteiger partial charge in [-0.05, 0) is 60.9 Å². The van der Waals surface area contributed by atoms with Gasteiger partial charge in [-0.1, -0.05) is 143 Å². The third-order valence-electron chi connectivity index (χ3n) is 7.70. The van der Waals surface area contributed by atoms with E-state index < -0.39 is 11.8 Å². The van der Waals surface area contributed by atoms with Crippen molar-refractivity contribution in [3.05, 3.63) is 178 Å². The van der Waals surface area contributed by atoms with Crippen LogP contribution in [0.5, 0.6) is 5.75 Å². The van der Waals surface area contributed by atoms with E-state index in [2.05, 4.69) is 32.8 Å². The van der Waals surface area contributed by atoms with Crippen molar-refractivity contribution < 1.29 is 19.1 Å². The summed E-state index contributed by atoms with van der Waals surface area (Å²) in [6, 6.07) is 32.4. The summed E-state index contributed by atoms with van der Waals surface area (Å²) in [6.07, 6.45) is 8.21. The van der Waals surface area contributed by atoms with Crippen LogP contribution in [0.25, 0.3) is 6.08 Å². The van der Waals surface area contributed by atoms with Crippen molar-refractivity contribution in [2.75, 3.05) is 5.75 Å². The Morgan fingerprint density at radius 2 is 1.64 bits per heavy atom. The molecule has 0 aromatic heterocycles. The normalized spacial score (nSPS) is 14.3. The highest BCUT2D eigenvalue weighted by Crippen LogP contribution is 2.31. The average Bonchev–Trinajstić information content (AvgIpc) is 3.13. The van der Waals surface area contributed by atoms with E-state index >= 15 is 0 Å². The molecular formula is C41H36BrN3O4S. The van der Waals surface area contributed by atoms with Crippen LogP contribution in [-0.2, 0) is 21.0 Å². The van der Waals surface area contributed by atoms with Crippen LogP contribution in [0.1, 0.15) is 40.8 Å². The second-order valence-electron chi connectivity index (χ2n) is 11.3. The molecule has 4 aromatic rings. The fourth-order valence-corrected chi connectivity index (χ4v) is 6.34. The molecule has 5 rings (SSSR count). The molecular weight excluding hydrogens is 710 g/mol. The Bertz CT molecular complexity index is 1950. The summed E-state index contributed by atoms with van der Waals surface area (Å²) in [4.78, 5) is 46.9. The van der Waals surface area contributed by atoms with E-state index in [9.17, 15) is 14.4 Å². The van der Waals surface area contributed by atoms with E-state index in [-0.39, 0.29) is 28.4 Å². The molecule has 0 spiro atoms. The van der Waals surface area contributed by atoms with Crippen molar-refractivity contribution in [3.63, 3.8) is 0 Å². The largest absolute Gasteiger partial charge is 0.488 e. The number of thioether (sulfide) groups is 1. The van der Waals surface area contributed by atoms with Gasteiger partial charge in [0.05, 0.1) is 11.8 Å². The number of hydrogen-bond acceptors (Lipinski definition) is 5. The Labute approximate surface area is 305 Å². The van der Waals surface area contributed by atoms with Gasteiger partial charge in [-0.2, -0.15) is 4.99 Å². The Morgan fingerprint density at radius 3 is 2.26 bits per heavy atom. The quantitative estimate of drug-likeness (QED) is 0.0891. The lowest BCUT2D eigenvalue weighted by Gasteiger charge is -2.28. The average molecular weight is 747 g/mol.